The van der Waals surface area contributed by atoms with Crippen molar-refractivity contribution in [1.82, 2.24) is 4.90 Å². The molecule has 0 aromatic heterocycles. The number of benzene rings is 1. The predicted octanol–water partition coefficient (Wildman–Crippen LogP) is 2.35. The molecule has 20 heavy (non-hydrogen) atoms. The summed E-state index contributed by atoms with van der Waals surface area (Å²) < 4.78 is 0. The van der Waals surface area contributed by atoms with Crippen LogP contribution in [0.2, 0.25) is 0 Å². The topological polar surface area (TPSA) is 58.4 Å². The Bertz CT molecular complexity index is 447. The zero-order valence-corrected chi connectivity index (χ0v) is 12.3. The molecular formula is C16H25N3O. The maximum atomic E-state index is 12.1. The molecule has 0 radical (unpaired) electrons. The second kappa shape index (κ2) is 7.41. The molecule has 0 bridgehead atoms. The fraction of sp³-hybridized carbons (Fsp3) is 0.562. The lowest BCUT2D eigenvalue weighted by atomic mass is 10.1. The predicted molar refractivity (Wildman–Crippen MR) is 82.5 cm³/mol. The van der Waals surface area contributed by atoms with Gasteiger partial charge in [-0.05, 0) is 37.4 Å². The highest BCUT2D eigenvalue weighted by atomic mass is 16.1. The van der Waals surface area contributed by atoms with Crippen LogP contribution < -0.4 is 11.1 Å². The van der Waals surface area contributed by atoms with Gasteiger partial charge in [-0.25, -0.2) is 0 Å². The third-order valence-corrected chi connectivity index (χ3v) is 4.11. The highest BCUT2D eigenvalue weighted by Gasteiger charge is 2.22. The van der Waals surface area contributed by atoms with Gasteiger partial charge in [-0.1, -0.05) is 25.1 Å². The van der Waals surface area contributed by atoms with Crippen molar-refractivity contribution in [2.45, 2.75) is 45.2 Å². The average Bonchev–Trinajstić information content (AvgIpc) is 2.93. The van der Waals surface area contributed by atoms with Gasteiger partial charge in [0.05, 0.1) is 0 Å². The van der Waals surface area contributed by atoms with E-state index in [0.717, 1.165) is 24.3 Å². The van der Waals surface area contributed by atoms with Crippen LogP contribution in [0.4, 0.5) is 5.69 Å². The van der Waals surface area contributed by atoms with Crippen molar-refractivity contribution in [2.75, 3.05) is 18.4 Å². The Kier molecular flexibility index (Phi) is 5.56. The lowest BCUT2D eigenvalue weighted by Gasteiger charge is -2.22. The first-order chi connectivity index (χ1) is 9.74. The minimum absolute atomic E-state index is 0.0765. The summed E-state index contributed by atoms with van der Waals surface area (Å²) in [5.74, 6) is 0.0765. The summed E-state index contributed by atoms with van der Waals surface area (Å²) in [6.07, 6.45) is 4.26. The molecule has 1 aliphatic rings. The van der Waals surface area contributed by atoms with Crippen molar-refractivity contribution >= 4 is 11.6 Å². The van der Waals surface area contributed by atoms with Crippen molar-refractivity contribution in [3.8, 4) is 0 Å². The van der Waals surface area contributed by atoms with Gasteiger partial charge in [-0.3, -0.25) is 9.69 Å². The van der Waals surface area contributed by atoms with E-state index in [1.165, 1.54) is 19.3 Å². The largest absolute Gasteiger partial charge is 0.326 e. The first-order valence-electron chi connectivity index (χ1n) is 7.56. The van der Waals surface area contributed by atoms with Crippen LogP contribution >= 0.6 is 0 Å². The fourth-order valence-corrected chi connectivity index (χ4v) is 2.93. The van der Waals surface area contributed by atoms with Crippen LogP contribution in [0.15, 0.2) is 24.3 Å². The fourth-order valence-electron chi connectivity index (χ4n) is 2.93. The molecule has 0 spiro atoms. The van der Waals surface area contributed by atoms with Gasteiger partial charge in [0.1, 0.15) is 0 Å². The van der Waals surface area contributed by atoms with E-state index in [4.69, 9.17) is 5.73 Å². The van der Waals surface area contributed by atoms with Crippen molar-refractivity contribution in [3.63, 3.8) is 0 Å². The molecule has 0 aliphatic carbocycles. The van der Waals surface area contributed by atoms with Crippen LogP contribution in [-0.2, 0) is 11.3 Å². The number of carbonyl (C=O) groups is 1. The molecule has 1 atom stereocenters. The molecule has 2 rings (SSSR count). The summed E-state index contributed by atoms with van der Waals surface area (Å²) in [6, 6.07) is 8.38. The molecule has 1 amide bonds. The molecule has 1 heterocycles. The van der Waals surface area contributed by atoms with E-state index in [0.29, 0.717) is 19.0 Å². The summed E-state index contributed by atoms with van der Waals surface area (Å²) >= 11 is 0. The molecule has 1 aromatic carbocycles. The third kappa shape index (κ3) is 3.81. The van der Waals surface area contributed by atoms with Gasteiger partial charge in [-0.15, -0.1) is 0 Å². The van der Waals surface area contributed by atoms with E-state index in [2.05, 4.69) is 17.1 Å². The number of para-hydroxylation sites is 1. The van der Waals surface area contributed by atoms with Crippen molar-refractivity contribution < 1.29 is 4.79 Å². The Hall–Kier alpha value is -1.39. The molecule has 1 aliphatic heterocycles. The third-order valence-electron chi connectivity index (χ3n) is 4.11. The maximum absolute atomic E-state index is 12.1. The molecule has 4 nitrogen and oxygen atoms in total. The van der Waals surface area contributed by atoms with Gasteiger partial charge in [0.25, 0.3) is 0 Å². The van der Waals surface area contributed by atoms with Crippen molar-refractivity contribution in [2.24, 2.45) is 5.73 Å². The minimum Gasteiger partial charge on any atom is -0.326 e. The Morgan fingerprint density at radius 3 is 3.00 bits per heavy atom. The lowest BCUT2D eigenvalue weighted by Crippen LogP contribution is -2.32. The maximum Gasteiger partial charge on any atom is 0.225 e. The summed E-state index contributed by atoms with van der Waals surface area (Å²) in [5, 5.41) is 2.97. The van der Waals surface area contributed by atoms with Gasteiger partial charge >= 0.3 is 0 Å². The standard InChI is InChI=1S/C16H25N3O/c1-2-14-7-5-10-19(14)11-9-16(20)18-15-8-4-3-6-13(15)12-17/h3-4,6,8,14H,2,5,7,9-12,17H2,1H3,(H,18,20). The molecule has 1 saturated heterocycles. The summed E-state index contributed by atoms with van der Waals surface area (Å²) in [4.78, 5) is 14.5. The van der Waals surface area contributed by atoms with E-state index < -0.39 is 0 Å². The molecule has 0 saturated carbocycles. The number of carbonyl (C=O) groups excluding carboxylic acids is 1. The molecular weight excluding hydrogens is 250 g/mol. The monoisotopic (exact) mass is 275 g/mol. The van der Waals surface area contributed by atoms with Crippen LogP contribution in [0, 0.1) is 0 Å². The number of nitrogens with zero attached hydrogens (tertiary/aromatic N) is 1. The van der Waals surface area contributed by atoms with Crippen LogP contribution in [0.5, 0.6) is 0 Å². The number of nitrogens with one attached hydrogen (secondary N) is 1. The van der Waals surface area contributed by atoms with Gasteiger partial charge in [0, 0.05) is 31.2 Å². The Balaban J connectivity index is 1.83. The first-order valence-corrected chi connectivity index (χ1v) is 7.56. The number of hydrogen-bond donors (Lipinski definition) is 2. The average molecular weight is 275 g/mol. The number of hydrogen-bond acceptors (Lipinski definition) is 3. The lowest BCUT2D eigenvalue weighted by molar-refractivity contribution is -0.116. The van der Waals surface area contributed by atoms with Crippen LogP contribution in [0.1, 0.15) is 38.2 Å². The molecule has 110 valence electrons. The van der Waals surface area contributed by atoms with Crippen LogP contribution in [-0.4, -0.2) is 29.9 Å². The molecule has 3 N–H and O–H groups in total. The number of likely N-dealkylation sites (tertiary alicyclic amines) is 1. The molecule has 1 fully saturated rings. The minimum atomic E-state index is 0.0765. The van der Waals surface area contributed by atoms with E-state index in [-0.39, 0.29) is 5.91 Å². The summed E-state index contributed by atoms with van der Waals surface area (Å²) in [5.41, 5.74) is 7.50. The van der Waals surface area contributed by atoms with Crippen molar-refractivity contribution in [3.05, 3.63) is 29.8 Å². The van der Waals surface area contributed by atoms with Gasteiger partial charge in [0.15, 0.2) is 0 Å². The zero-order valence-electron chi connectivity index (χ0n) is 12.3. The van der Waals surface area contributed by atoms with Gasteiger partial charge in [-0.2, -0.15) is 0 Å². The Labute approximate surface area is 121 Å². The normalized spacial score (nSPS) is 19.2. The SMILES string of the molecule is CCC1CCCN1CCC(=O)Nc1ccccc1CN. The van der Waals surface area contributed by atoms with Crippen molar-refractivity contribution in [1.29, 1.82) is 0 Å². The quantitative estimate of drug-likeness (QED) is 0.838. The smallest absolute Gasteiger partial charge is 0.225 e. The second-order valence-corrected chi connectivity index (χ2v) is 5.40. The Morgan fingerprint density at radius 1 is 1.45 bits per heavy atom. The van der Waals surface area contributed by atoms with E-state index in [9.17, 15) is 4.79 Å². The number of nitrogens with two attached hydrogens (primary N) is 1. The summed E-state index contributed by atoms with van der Waals surface area (Å²) in [7, 11) is 0. The second-order valence-electron chi connectivity index (χ2n) is 5.40. The highest BCUT2D eigenvalue weighted by molar-refractivity contribution is 5.91. The number of rotatable bonds is 6. The first kappa shape index (κ1) is 15.0. The van der Waals surface area contributed by atoms with Crippen LogP contribution in [0.25, 0.3) is 0 Å². The van der Waals surface area contributed by atoms with Gasteiger partial charge in [0.2, 0.25) is 5.91 Å². The number of anilines is 1. The highest BCUT2D eigenvalue weighted by Crippen LogP contribution is 2.20. The molecule has 4 heteroatoms. The van der Waals surface area contributed by atoms with Crippen LogP contribution in [0.3, 0.4) is 0 Å². The van der Waals surface area contributed by atoms with E-state index in [1.807, 2.05) is 24.3 Å². The zero-order chi connectivity index (χ0) is 14.4. The van der Waals surface area contributed by atoms with E-state index >= 15 is 0 Å². The van der Waals surface area contributed by atoms with Gasteiger partial charge < -0.3 is 11.1 Å². The van der Waals surface area contributed by atoms with E-state index in [1.54, 1.807) is 0 Å². The Morgan fingerprint density at radius 2 is 2.25 bits per heavy atom. The number of amides is 1. The summed E-state index contributed by atoms with van der Waals surface area (Å²) in [6.45, 7) is 4.65. The molecule has 1 unspecified atom stereocenters. The molecule has 1 aromatic rings.